The van der Waals surface area contributed by atoms with Gasteiger partial charge in [-0.3, -0.25) is 10.1 Å². The average Bonchev–Trinajstić information content (AvgIpc) is 2.15. The summed E-state index contributed by atoms with van der Waals surface area (Å²) in [6, 6.07) is 5.19. The first-order valence-corrected chi connectivity index (χ1v) is 6.28. The van der Waals surface area contributed by atoms with E-state index in [4.69, 9.17) is 0 Å². The number of hydrogen-bond acceptors (Lipinski definition) is 2. The Morgan fingerprint density at radius 2 is 2.20 bits per heavy atom. The van der Waals surface area contributed by atoms with Gasteiger partial charge in [-0.15, -0.1) is 0 Å². The van der Waals surface area contributed by atoms with Crippen LogP contribution in [0.3, 0.4) is 0 Å². The summed E-state index contributed by atoms with van der Waals surface area (Å²) < 4.78 is 0.741. The monoisotopic (exact) mass is 335 g/mol. The van der Waals surface area contributed by atoms with E-state index in [1.54, 1.807) is 12.1 Å². The molecule has 15 heavy (non-hydrogen) atoms. The smallest absolute Gasteiger partial charge is 0.258 e. The molecule has 0 aliphatic carbocycles. The van der Waals surface area contributed by atoms with Crippen LogP contribution in [0.15, 0.2) is 22.7 Å². The van der Waals surface area contributed by atoms with E-state index in [9.17, 15) is 10.1 Å². The fraction of sp³-hybridized carbons (Fsp3) is 0.400. The van der Waals surface area contributed by atoms with Gasteiger partial charge in [0.05, 0.1) is 4.92 Å². The van der Waals surface area contributed by atoms with Gasteiger partial charge in [0.25, 0.3) is 5.69 Å². The molecule has 0 aliphatic heterocycles. The Labute approximate surface area is 105 Å². The minimum atomic E-state index is -0.334. The van der Waals surface area contributed by atoms with Crippen LogP contribution in [0.4, 0.5) is 5.69 Å². The molecule has 1 aromatic carbocycles. The molecule has 1 atom stereocenters. The molecule has 5 heteroatoms. The molecule has 0 fully saturated rings. The van der Waals surface area contributed by atoms with Crippen LogP contribution in [0, 0.1) is 10.1 Å². The van der Waals surface area contributed by atoms with E-state index in [-0.39, 0.29) is 10.6 Å². The minimum absolute atomic E-state index is 0.192. The fourth-order valence-electron chi connectivity index (χ4n) is 1.27. The Balaban J connectivity index is 2.91. The Hall–Kier alpha value is -0.420. The van der Waals surface area contributed by atoms with Crippen molar-refractivity contribution >= 4 is 37.5 Å². The molecular formula is C10H11Br2NO2. The second-order valence-corrected chi connectivity index (χ2v) is 5.83. The third kappa shape index (κ3) is 3.91. The van der Waals surface area contributed by atoms with Gasteiger partial charge in [-0.05, 0) is 18.9 Å². The summed E-state index contributed by atoms with van der Waals surface area (Å²) in [5, 5.41) is 10.8. The molecule has 82 valence electrons. The fourth-order valence-corrected chi connectivity index (χ4v) is 1.85. The van der Waals surface area contributed by atoms with Crippen molar-refractivity contribution in [3.05, 3.63) is 38.3 Å². The van der Waals surface area contributed by atoms with Gasteiger partial charge >= 0.3 is 0 Å². The Bertz CT molecular complexity index is 366. The van der Waals surface area contributed by atoms with Crippen molar-refractivity contribution < 1.29 is 4.92 Å². The summed E-state index contributed by atoms with van der Waals surface area (Å²) >= 11 is 6.66. The third-order valence-electron chi connectivity index (χ3n) is 2.06. The summed E-state index contributed by atoms with van der Waals surface area (Å²) in [5.74, 6) is 0. The lowest BCUT2D eigenvalue weighted by Gasteiger charge is -2.04. The number of aryl methyl sites for hydroxylation is 1. The van der Waals surface area contributed by atoms with Crippen LogP contribution in [-0.2, 0) is 6.42 Å². The van der Waals surface area contributed by atoms with Crippen LogP contribution in [0.2, 0.25) is 0 Å². The summed E-state index contributed by atoms with van der Waals surface area (Å²) in [5.41, 5.74) is 0.979. The highest BCUT2D eigenvalue weighted by Gasteiger charge is 2.14. The van der Waals surface area contributed by atoms with E-state index >= 15 is 0 Å². The van der Waals surface area contributed by atoms with Crippen molar-refractivity contribution in [1.29, 1.82) is 0 Å². The van der Waals surface area contributed by atoms with E-state index in [0.717, 1.165) is 22.9 Å². The van der Waals surface area contributed by atoms with Gasteiger partial charge in [-0.25, -0.2) is 0 Å². The van der Waals surface area contributed by atoms with Gasteiger partial charge in [0.2, 0.25) is 0 Å². The van der Waals surface area contributed by atoms with Gasteiger partial charge in [0, 0.05) is 20.9 Å². The van der Waals surface area contributed by atoms with Gasteiger partial charge in [-0.2, -0.15) is 0 Å². The highest BCUT2D eigenvalue weighted by atomic mass is 79.9. The first kappa shape index (κ1) is 12.6. The molecule has 0 amide bonds. The standard InChI is InChI=1S/C10H11Br2NO2/c1-7(11)2-3-8-4-5-9(12)6-10(8)13(14)15/h4-7H,2-3H2,1H3. The molecular weight excluding hydrogens is 326 g/mol. The van der Waals surface area contributed by atoms with Gasteiger partial charge in [-0.1, -0.05) is 44.8 Å². The first-order valence-electron chi connectivity index (χ1n) is 4.57. The van der Waals surface area contributed by atoms with E-state index in [2.05, 4.69) is 31.9 Å². The molecule has 0 heterocycles. The van der Waals surface area contributed by atoms with Crippen LogP contribution in [0.1, 0.15) is 18.9 Å². The molecule has 0 aliphatic rings. The molecule has 0 bridgehead atoms. The normalized spacial score (nSPS) is 12.5. The topological polar surface area (TPSA) is 43.1 Å². The highest BCUT2D eigenvalue weighted by molar-refractivity contribution is 9.10. The molecule has 0 radical (unpaired) electrons. The van der Waals surface area contributed by atoms with Gasteiger partial charge in [0.15, 0.2) is 0 Å². The summed E-state index contributed by atoms with van der Waals surface area (Å²) in [6.45, 7) is 2.03. The molecule has 0 N–H and O–H groups in total. The van der Waals surface area contributed by atoms with Crippen LogP contribution in [-0.4, -0.2) is 9.75 Å². The lowest BCUT2D eigenvalue weighted by Crippen LogP contribution is -1.99. The largest absolute Gasteiger partial charge is 0.273 e. The van der Waals surface area contributed by atoms with E-state index < -0.39 is 0 Å². The van der Waals surface area contributed by atoms with Crippen molar-refractivity contribution in [3.8, 4) is 0 Å². The summed E-state index contributed by atoms with van der Waals surface area (Å²) in [7, 11) is 0. The Kier molecular flexibility index (Phi) is 4.73. The quantitative estimate of drug-likeness (QED) is 0.472. The second-order valence-electron chi connectivity index (χ2n) is 3.35. The minimum Gasteiger partial charge on any atom is -0.258 e. The third-order valence-corrected chi connectivity index (χ3v) is 3.01. The number of hydrogen-bond donors (Lipinski definition) is 0. The van der Waals surface area contributed by atoms with E-state index in [1.807, 2.05) is 13.0 Å². The predicted octanol–water partition coefficient (Wildman–Crippen LogP) is 4.07. The van der Waals surface area contributed by atoms with Gasteiger partial charge < -0.3 is 0 Å². The average molecular weight is 337 g/mol. The maximum atomic E-state index is 10.8. The molecule has 0 aromatic heterocycles. The molecule has 0 spiro atoms. The second kappa shape index (κ2) is 5.61. The van der Waals surface area contributed by atoms with Crippen molar-refractivity contribution in [1.82, 2.24) is 0 Å². The van der Waals surface area contributed by atoms with Gasteiger partial charge in [0.1, 0.15) is 0 Å². The SMILES string of the molecule is CC(Br)CCc1ccc(Br)cc1[N+](=O)[O-]. The van der Waals surface area contributed by atoms with Crippen molar-refractivity contribution in [3.63, 3.8) is 0 Å². The number of rotatable bonds is 4. The van der Waals surface area contributed by atoms with Crippen LogP contribution < -0.4 is 0 Å². The maximum absolute atomic E-state index is 10.8. The Morgan fingerprint density at radius 1 is 1.53 bits per heavy atom. The number of alkyl halides is 1. The first-order chi connectivity index (χ1) is 7.00. The number of halogens is 2. The zero-order valence-electron chi connectivity index (χ0n) is 8.24. The zero-order valence-corrected chi connectivity index (χ0v) is 11.4. The van der Waals surface area contributed by atoms with Crippen LogP contribution in [0.25, 0.3) is 0 Å². The lowest BCUT2D eigenvalue weighted by atomic mass is 10.1. The number of nitro benzene ring substituents is 1. The lowest BCUT2D eigenvalue weighted by molar-refractivity contribution is -0.385. The predicted molar refractivity (Wildman–Crippen MR) is 67.5 cm³/mol. The zero-order chi connectivity index (χ0) is 11.4. The van der Waals surface area contributed by atoms with E-state index in [1.165, 1.54) is 0 Å². The van der Waals surface area contributed by atoms with Crippen LogP contribution in [0.5, 0.6) is 0 Å². The number of nitrogens with zero attached hydrogens (tertiary/aromatic N) is 1. The number of benzene rings is 1. The molecule has 1 rings (SSSR count). The van der Waals surface area contributed by atoms with E-state index in [0.29, 0.717) is 4.83 Å². The Morgan fingerprint density at radius 3 is 2.73 bits per heavy atom. The molecule has 0 saturated heterocycles. The summed E-state index contributed by atoms with van der Waals surface area (Å²) in [4.78, 5) is 10.8. The molecule has 1 aromatic rings. The molecule has 3 nitrogen and oxygen atoms in total. The number of nitro groups is 1. The summed E-state index contributed by atoms with van der Waals surface area (Å²) in [6.07, 6.45) is 1.61. The van der Waals surface area contributed by atoms with Crippen molar-refractivity contribution in [2.75, 3.05) is 0 Å². The highest BCUT2D eigenvalue weighted by Crippen LogP contribution is 2.25. The molecule has 1 unspecified atom stereocenters. The van der Waals surface area contributed by atoms with Crippen molar-refractivity contribution in [2.24, 2.45) is 0 Å². The molecule has 0 saturated carbocycles. The van der Waals surface area contributed by atoms with Crippen LogP contribution >= 0.6 is 31.9 Å². The maximum Gasteiger partial charge on any atom is 0.273 e. The van der Waals surface area contributed by atoms with Crippen molar-refractivity contribution in [2.45, 2.75) is 24.6 Å².